The van der Waals surface area contributed by atoms with Gasteiger partial charge in [-0.05, 0) is 13.8 Å². The van der Waals surface area contributed by atoms with Crippen LogP contribution in [0, 0.1) is 6.26 Å². The molecule has 2 amide bonds. The molecule has 1 N–H and O–H groups in total. The van der Waals surface area contributed by atoms with Crippen LogP contribution in [-0.2, 0) is 10.0 Å². The van der Waals surface area contributed by atoms with Gasteiger partial charge in [-0.15, -0.1) is 0 Å². The van der Waals surface area contributed by atoms with E-state index in [9.17, 15) is 13.2 Å². The summed E-state index contributed by atoms with van der Waals surface area (Å²) in [6.45, 7) is 5.22. The number of carbonyl (C=O) groups is 1. The Bertz CT molecular complexity index is 345. The van der Waals surface area contributed by atoms with Crippen LogP contribution in [0.2, 0.25) is 0 Å². The van der Waals surface area contributed by atoms with Crippen molar-refractivity contribution in [2.75, 3.05) is 26.2 Å². The summed E-state index contributed by atoms with van der Waals surface area (Å²) >= 11 is 0. The van der Waals surface area contributed by atoms with E-state index in [0.717, 1.165) is 0 Å². The summed E-state index contributed by atoms with van der Waals surface area (Å²) in [6.07, 6.45) is 3.09. The van der Waals surface area contributed by atoms with Crippen molar-refractivity contribution >= 4 is 16.1 Å². The van der Waals surface area contributed by atoms with Crippen molar-refractivity contribution in [1.82, 2.24) is 14.5 Å². The number of piperazine rings is 1. The van der Waals surface area contributed by atoms with E-state index >= 15 is 0 Å². The molecule has 1 rings (SSSR count). The second-order valence-corrected chi connectivity index (χ2v) is 5.78. The van der Waals surface area contributed by atoms with Crippen molar-refractivity contribution in [3.8, 4) is 0 Å². The molecule has 1 fully saturated rings. The fourth-order valence-corrected chi connectivity index (χ4v) is 2.23. The lowest BCUT2D eigenvalue weighted by Crippen LogP contribution is -2.53. The Morgan fingerprint density at radius 1 is 1.25 bits per heavy atom. The molecular weight excluding hydrogens is 230 g/mol. The van der Waals surface area contributed by atoms with E-state index in [1.165, 1.54) is 4.31 Å². The van der Waals surface area contributed by atoms with E-state index in [1.54, 1.807) is 4.90 Å². The Hall–Kier alpha value is -0.820. The molecule has 1 saturated heterocycles. The molecule has 1 aliphatic heterocycles. The lowest BCUT2D eigenvalue weighted by Gasteiger charge is -2.33. The second kappa shape index (κ2) is 5.01. The highest BCUT2D eigenvalue weighted by molar-refractivity contribution is 7.90. The Labute approximate surface area is 96.6 Å². The smallest absolute Gasteiger partial charge is 0.317 e. The first-order valence-electron chi connectivity index (χ1n) is 5.19. The highest BCUT2D eigenvalue weighted by Crippen LogP contribution is 2.06. The molecule has 7 heteroatoms. The van der Waals surface area contributed by atoms with Gasteiger partial charge in [0.25, 0.3) is 0 Å². The number of hydrogen-bond donors (Lipinski definition) is 1. The second-order valence-electron chi connectivity index (χ2n) is 4.10. The van der Waals surface area contributed by atoms with Gasteiger partial charge in [-0.25, -0.2) is 13.2 Å². The molecule has 0 aromatic rings. The van der Waals surface area contributed by atoms with E-state index in [4.69, 9.17) is 0 Å². The minimum Gasteiger partial charge on any atom is -0.336 e. The number of amides is 2. The molecule has 1 heterocycles. The molecule has 6 nitrogen and oxygen atoms in total. The normalized spacial score (nSPS) is 18.9. The van der Waals surface area contributed by atoms with Gasteiger partial charge in [-0.1, -0.05) is 0 Å². The molecular formula is C9H18N3O3S. The maximum atomic E-state index is 11.6. The largest absolute Gasteiger partial charge is 0.336 e. The third kappa shape index (κ3) is 3.64. The summed E-state index contributed by atoms with van der Waals surface area (Å²) in [5.41, 5.74) is 0. The van der Waals surface area contributed by atoms with E-state index < -0.39 is 10.0 Å². The van der Waals surface area contributed by atoms with Gasteiger partial charge in [0, 0.05) is 32.2 Å². The van der Waals surface area contributed by atoms with Gasteiger partial charge in [0.2, 0.25) is 10.0 Å². The van der Waals surface area contributed by atoms with Crippen LogP contribution in [0.5, 0.6) is 0 Å². The van der Waals surface area contributed by atoms with Crippen LogP contribution in [0.15, 0.2) is 0 Å². The number of sulfonamides is 1. The predicted molar refractivity (Wildman–Crippen MR) is 61.1 cm³/mol. The minimum atomic E-state index is -3.37. The van der Waals surface area contributed by atoms with Crippen LogP contribution in [-0.4, -0.2) is 55.9 Å². The molecule has 0 aliphatic carbocycles. The third-order valence-electron chi connectivity index (χ3n) is 2.33. The highest BCUT2D eigenvalue weighted by Gasteiger charge is 2.26. The monoisotopic (exact) mass is 248 g/mol. The molecule has 93 valence electrons. The summed E-state index contributed by atoms with van der Waals surface area (Å²) in [4.78, 5) is 13.2. The van der Waals surface area contributed by atoms with Gasteiger partial charge >= 0.3 is 6.03 Å². The molecule has 0 spiro atoms. The lowest BCUT2D eigenvalue weighted by molar-refractivity contribution is 0.170. The Morgan fingerprint density at radius 3 is 2.12 bits per heavy atom. The first-order valence-corrected chi connectivity index (χ1v) is 6.80. The van der Waals surface area contributed by atoms with Crippen molar-refractivity contribution in [1.29, 1.82) is 0 Å². The molecule has 1 aliphatic rings. The summed E-state index contributed by atoms with van der Waals surface area (Å²) in [7, 11) is -3.37. The minimum absolute atomic E-state index is 0.0853. The fraction of sp³-hybridized carbons (Fsp3) is 0.778. The molecule has 0 aromatic heterocycles. The van der Waals surface area contributed by atoms with Crippen LogP contribution in [0.4, 0.5) is 4.79 Å². The number of carbonyl (C=O) groups excluding carboxylic acids is 1. The molecule has 16 heavy (non-hydrogen) atoms. The van der Waals surface area contributed by atoms with E-state index in [0.29, 0.717) is 26.2 Å². The van der Waals surface area contributed by atoms with Crippen LogP contribution < -0.4 is 5.32 Å². The Morgan fingerprint density at radius 2 is 1.75 bits per heavy atom. The quantitative estimate of drug-likeness (QED) is 0.738. The Balaban J connectivity index is 2.46. The topological polar surface area (TPSA) is 69.7 Å². The number of urea groups is 1. The highest BCUT2D eigenvalue weighted by atomic mass is 32.2. The van der Waals surface area contributed by atoms with Gasteiger partial charge < -0.3 is 10.2 Å². The van der Waals surface area contributed by atoms with Gasteiger partial charge in [-0.2, -0.15) is 4.31 Å². The maximum absolute atomic E-state index is 11.6. The molecule has 1 radical (unpaired) electrons. The summed E-state index contributed by atoms with van der Waals surface area (Å²) in [6, 6.07) is -0.0572. The van der Waals surface area contributed by atoms with Gasteiger partial charge in [0.1, 0.15) is 0 Å². The van der Waals surface area contributed by atoms with Crippen LogP contribution in [0.1, 0.15) is 13.8 Å². The van der Waals surface area contributed by atoms with Gasteiger partial charge in [0.15, 0.2) is 0 Å². The number of nitrogens with one attached hydrogen (secondary N) is 1. The average Bonchev–Trinajstić information content (AvgIpc) is 2.15. The first kappa shape index (κ1) is 13.2. The first-order chi connectivity index (χ1) is 7.30. The SMILES string of the molecule is [CH2]S(=O)(=O)N1CCN(C(=O)NC(C)C)CC1. The zero-order valence-electron chi connectivity index (χ0n) is 9.64. The number of nitrogens with zero attached hydrogens (tertiary/aromatic N) is 2. The summed E-state index contributed by atoms with van der Waals surface area (Å²) < 4.78 is 23.6. The van der Waals surface area contributed by atoms with Gasteiger partial charge in [0.05, 0.1) is 6.26 Å². The fourth-order valence-electron chi connectivity index (χ4n) is 1.51. The van der Waals surface area contributed by atoms with Crippen molar-refractivity contribution in [3.05, 3.63) is 6.26 Å². The summed E-state index contributed by atoms with van der Waals surface area (Å²) in [5.74, 6) is 0. The molecule has 0 aromatic carbocycles. The number of hydrogen-bond acceptors (Lipinski definition) is 3. The lowest BCUT2D eigenvalue weighted by atomic mass is 10.3. The predicted octanol–water partition coefficient (Wildman–Crippen LogP) is -0.157. The van der Waals surface area contributed by atoms with Crippen LogP contribution in [0.25, 0.3) is 0 Å². The summed E-state index contributed by atoms with van der Waals surface area (Å²) in [5, 5.41) is 2.77. The van der Waals surface area contributed by atoms with Crippen LogP contribution in [0.3, 0.4) is 0 Å². The third-order valence-corrected chi connectivity index (χ3v) is 3.48. The molecule has 0 saturated carbocycles. The van der Waals surface area contributed by atoms with Gasteiger partial charge in [-0.3, -0.25) is 0 Å². The molecule has 0 unspecified atom stereocenters. The van der Waals surface area contributed by atoms with Crippen molar-refractivity contribution < 1.29 is 13.2 Å². The van der Waals surface area contributed by atoms with E-state index in [-0.39, 0.29) is 12.1 Å². The van der Waals surface area contributed by atoms with Crippen molar-refractivity contribution in [2.45, 2.75) is 19.9 Å². The standard InChI is InChI=1S/C9H18N3O3S/c1-8(2)10-9(13)11-4-6-12(7-5-11)16(3,14)15/h8H,3-7H2,1-2H3,(H,10,13). The maximum Gasteiger partial charge on any atom is 0.317 e. The molecule has 0 bridgehead atoms. The number of rotatable bonds is 2. The molecule has 0 atom stereocenters. The average molecular weight is 248 g/mol. The Kier molecular flexibility index (Phi) is 4.15. The zero-order valence-corrected chi connectivity index (χ0v) is 10.5. The van der Waals surface area contributed by atoms with Crippen molar-refractivity contribution in [2.24, 2.45) is 0 Å². The van der Waals surface area contributed by atoms with E-state index in [1.807, 2.05) is 13.8 Å². The zero-order chi connectivity index (χ0) is 12.3. The van der Waals surface area contributed by atoms with E-state index in [2.05, 4.69) is 11.6 Å². The van der Waals surface area contributed by atoms with Crippen LogP contribution >= 0.6 is 0 Å². The van der Waals surface area contributed by atoms with Crippen molar-refractivity contribution in [3.63, 3.8) is 0 Å².